The van der Waals surface area contributed by atoms with Crippen LogP contribution in [-0.4, -0.2) is 43.1 Å². The molecular formula is C7H16NO4Si. The average Bonchev–Trinajstić information content (AvgIpc) is 2.20. The number of amides is 1. The third-order valence-corrected chi connectivity index (χ3v) is 4.62. The highest BCUT2D eigenvalue weighted by molar-refractivity contribution is 6.60. The van der Waals surface area contributed by atoms with E-state index in [0.717, 1.165) is 6.42 Å². The molecule has 0 aromatic heterocycles. The lowest BCUT2D eigenvalue weighted by atomic mass is 10.5. The van der Waals surface area contributed by atoms with Gasteiger partial charge < -0.3 is 18.6 Å². The Labute approximate surface area is 79.7 Å². The summed E-state index contributed by atoms with van der Waals surface area (Å²) < 4.78 is 15.6. The fourth-order valence-electron chi connectivity index (χ4n) is 1.00. The summed E-state index contributed by atoms with van der Waals surface area (Å²) in [5.74, 6) is 0. The second-order valence-electron chi connectivity index (χ2n) is 2.43. The van der Waals surface area contributed by atoms with Crippen LogP contribution in [-0.2, 0) is 18.1 Å². The van der Waals surface area contributed by atoms with E-state index >= 15 is 0 Å². The van der Waals surface area contributed by atoms with Gasteiger partial charge in [-0.25, -0.2) is 0 Å². The molecule has 0 unspecified atom stereocenters. The minimum absolute atomic E-state index is 0.564. The maximum atomic E-state index is 9.82. The maximum Gasteiger partial charge on any atom is 0.500 e. The molecule has 0 aliphatic carbocycles. The first-order chi connectivity index (χ1) is 6.24. The molecule has 0 spiro atoms. The Morgan fingerprint density at radius 2 is 1.77 bits per heavy atom. The number of hydrogen-bond donors (Lipinski definition) is 1. The van der Waals surface area contributed by atoms with Gasteiger partial charge in [0.15, 0.2) is 0 Å². The van der Waals surface area contributed by atoms with E-state index in [0.29, 0.717) is 12.6 Å². The lowest BCUT2D eigenvalue weighted by Gasteiger charge is -2.23. The monoisotopic (exact) mass is 206 g/mol. The van der Waals surface area contributed by atoms with Crippen molar-refractivity contribution >= 4 is 15.2 Å². The summed E-state index contributed by atoms with van der Waals surface area (Å²) in [7, 11) is 2.27. The zero-order valence-electron chi connectivity index (χ0n) is 8.25. The Morgan fingerprint density at radius 3 is 2.15 bits per heavy atom. The lowest BCUT2D eigenvalue weighted by Crippen LogP contribution is -2.43. The Bertz CT molecular complexity index is 132. The second-order valence-corrected chi connectivity index (χ2v) is 5.52. The van der Waals surface area contributed by atoms with Crippen LogP contribution in [0.15, 0.2) is 0 Å². The molecule has 0 bridgehead atoms. The van der Waals surface area contributed by atoms with Crippen LogP contribution in [0.3, 0.4) is 0 Å². The van der Waals surface area contributed by atoms with Crippen LogP contribution < -0.4 is 5.32 Å². The van der Waals surface area contributed by atoms with Gasteiger partial charge in [-0.15, -0.1) is 0 Å². The van der Waals surface area contributed by atoms with E-state index in [2.05, 4.69) is 5.32 Å². The van der Waals surface area contributed by atoms with E-state index in [4.69, 9.17) is 13.3 Å². The van der Waals surface area contributed by atoms with Crippen LogP contribution in [0.4, 0.5) is 0 Å². The molecule has 0 saturated carbocycles. The standard InChI is InChI=1S/C7H16NO4Si/c1-10-13(11-2,12-3)6-4-5-8-7-9/h4-6H2,1-3H3,(H,8,9). The van der Waals surface area contributed by atoms with E-state index in [1.54, 1.807) is 27.7 Å². The van der Waals surface area contributed by atoms with Crippen molar-refractivity contribution in [3.8, 4) is 0 Å². The SMILES string of the molecule is CO[Si](CCCN[C]=O)(OC)OC. The van der Waals surface area contributed by atoms with Crippen LogP contribution in [0, 0.1) is 0 Å². The van der Waals surface area contributed by atoms with E-state index in [9.17, 15) is 4.79 Å². The van der Waals surface area contributed by atoms with Crippen molar-refractivity contribution in [1.29, 1.82) is 0 Å². The third kappa shape index (κ3) is 4.37. The average molecular weight is 206 g/mol. The van der Waals surface area contributed by atoms with Crippen LogP contribution in [0.2, 0.25) is 6.04 Å². The van der Waals surface area contributed by atoms with Crippen molar-refractivity contribution in [2.45, 2.75) is 12.5 Å². The molecule has 0 rings (SSSR count). The van der Waals surface area contributed by atoms with Gasteiger partial charge in [0.2, 0.25) is 0 Å². The molecular weight excluding hydrogens is 190 g/mol. The van der Waals surface area contributed by atoms with Crippen molar-refractivity contribution in [2.24, 2.45) is 0 Å². The summed E-state index contributed by atoms with van der Waals surface area (Å²) in [6, 6.07) is 0.686. The van der Waals surface area contributed by atoms with Crippen molar-refractivity contribution in [3.05, 3.63) is 0 Å². The van der Waals surface area contributed by atoms with Gasteiger partial charge in [0.1, 0.15) is 0 Å². The summed E-state index contributed by atoms with van der Waals surface area (Å²) in [4.78, 5) is 9.82. The first kappa shape index (κ1) is 12.6. The normalized spacial score (nSPS) is 11.3. The fraction of sp³-hybridized carbons (Fsp3) is 0.857. The minimum atomic E-state index is -2.44. The van der Waals surface area contributed by atoms with E-state index in [-0.39, 0.29) is 0 Å². The molecule has 0 aliphatic heterocycles. The van der Waals surface area contributed by atoms with Crippen LogP contribution >= 0.6 is 0 Å². The van der Waals surface area contributed by atoms with Gasteiger partial charge in [-0.05, 0) is 6.42 Å². The zero-order valence-corrected chi connectivity index (χ0v) is 9.25. The molecule has 6 heteroatoms. The lowest BCUT2D eigenvalue weighted by molar-refractivity contribution is 0.123. The number of nitrogens with one attached hydrogen (secondary N) is 1. The van der Waals surface area contributed by atoms with Crippen molar-refractivity contribution in [1.82, 2.24) is 5.32 Å². The van der Waals surface area contributed by atoms with Crippen LogP contribution in [0.25, 0.3) is 0 Å². The molecule has 0 atom stereocenters. The third-order valence-electron chi connectivity index (χ3n) is 1.79. The molecule has 0 saturated heterocycles. The summed E-state index contributed by atoms with van der Waals surface area (Å²) in [5, 5.41) is 2.44. The quantitative estimate of drug-likeness (QED) is 0.342. The Balaban J connectivity index is 3.74. The molecule has 0 aromatic carbocycles. The van der Waals surface area contributed by atoms with Gasteiger partial charge in [0.05, 0.1) is 0 Å². The molecule has 0 aliphatic rings. The Morgan fingerprint density at radius 1 is 1.23 bits per heavy atom. The number of rotatable bonds is 8. The summed E-state index contributed by atoms with van der Waals surface area (Å²) in [6.07, 6.45) is 2.36. The molecule has 1 amide bonds. The molecule has 13 heavy (non-hydrogen) atoms. The van der Waals surface area contributed by atoms with Gasteiger partial charge in [0, 0.05) is 33.9 Å². The molecule has 1 radical (unpaired) electrons. The second kappa shape index (κ2) is 7.02. The van der Waals surface area contributed by atoms with E-state index in [1.807, 2.05) is 0 Å². The summed E-state index contributed by atoms with van der Waals surface area (Å²) in [5.41, 5.74) is 0. The van der Waals surface area contributed by atoms with Crippen LogP contribution in [0.1, 0.15) is 6.42 Å². The highest BCUT2D eigenvalue weighted by Gasteiger charge is 2.36. The van der Waals surface area contributed by atoms with E-state index in [1.165, 1.54) is 0 Å². The van der Waals surface area contributed by atoms with Gasteiger partial charge >= 0.3 is 15.2 Å². The van der Waals surface area contributed by atoms with Gasteiger partial charge in [-0.3, -0.25) is 4.79 Å². The van der Waals surface area contributed by atoms with Crippen LogP contribution in [0.5, 0.6) is 0 Å². The van der Waals surface area contributed by atoms with Crippen molar-refractivity contribution in [2.75, 3.05) is 27.9 Å². The van der Waals surface area contributed by atoms with Crippen molar-refractivity contribution < 1.29 is 18.1 Å². The molecule has 0 aromatic rings. The zero-order chi connectivity index (χ0) is 10.2. The highest BCUT2D eigenvalue weighted by Crippen LogP contribution is 2.13. The molecule has 0 fully saturated rings. The minimum Gasteiger partial charge on any atom is -0.377 e. The first-order valence-electron chi connectivity index (χ1n) is 4.00. The number of carbonyl (C=O) groups excluding carboxylic acids is 1. The van der Waals surface area contributed by atoms with E-state index < -0.39 is 8.80 Å². The van der Waals surface area contributed by atoms with Gasteiger partial charge in [0.25, 0.3) is 0 Å². The molecule has 77 valence electrons. The molecule has 1 N–H and O–H groups in total. The van der Waals surface area contributed by atoms with Crippen molar-refractivity contribution in [3.63, 3.8) is 0 Å². The van der Waals surface area contributed by atoms with Gasteiger partial charge in [-0.2, -0.15) is 0 Å². The topological polar surface area (TPSA) is 56.8 Å². The molecule has 0 heterocycles. The maximum absolute atomic E-state index is 9.82. The molecule has 5 nitrogen and oxygen atoms in total. The largest absolute Gasteiger partial charge is 0.500 e. The number of hydrogen-bond acceptors (Lipinski definition) is 4. The Hall–Kier alpha value is -0.433. The highest BCUT2D eigenvalue weighted by atomic mass is 28.4. The fourth-order valence-corrected chi connectivity index (χ4v) is 2.72. The predicted molar refractivity (Wildman–Crippen MR) is 49.9 cm³/mol. The summed E-state index contributed by atoms with van der Waals surface area (Å²) >= 11 is 0. The van der Waals surface area contributed by atoms with Gasteiger partial charge in [-0.1, -0.05) is 0 Å². The summed E-state index contributed by atoms with van der Waals surface area (Å²) in [6.45, 7) is 0.564. The first-order valence-corrected chi connectivity index (χ1v) is 5.93. The predicted octanol–water partition coefficient (Wildman–Crippen LogP) is -0.0886. The Kier molecular flexibility index (Phi) is 6.78. The smallest absolute Gasteiger partial charge is 0.377 e.